The van der Waals surface area contributed by atoms with Crippen LogP contribution in [0.4, 0.5) is 4.39 Å². The van der Waals surface area contributed by atoms with Crippen molar-refractivity contribution in [2.75, 3.05) is 0 Å². The average Bonchev–Trinajstić information content (AvgIpc) is 2.18. The lowest BCUT2D eigenvalue weighted by Crippen LogP contribution is -2.17. The third kappa shape index (κ3) is 2.83. The molecule has 0 fully saturated rings. The molecule has 0 spiro atoms. The van der Waals surface area contributed by atoms with E-state index in [0.29, 0.717) is 5.41 Å². The smallest absolute Gasteiger partial charge is 0.123 e. The molecule has 1 aromatic rings. The molecule has 0 aliphatic rings. The molecule has 0 atom stereocenters. The molecule has 0 aliphatic heterocycles. The quantitative estimate of drug-likeness (QED) is 0.674. The van der Waals surface area contributed by atoms with Gasteiger partial charge in [0.05, 0.1) is 0 Å². The Morgan fingerprint density at radius 1 is 1.21 bits per heavy atom. The fourth-order valence-corrected chi connectivity index (χ4v) is 1.64. The summed E-state index contributed by atoms with van der Waals surface area (Å²) in [6, 6.07) is 6.94. The van der Waals surface area contributed by atoms with Crippen molar-refractivity contribution in [1.82, 2.24) is 0 Å². The molecule has 14 heavy (non-hydrogen) atoms. The van der Waals surface area contributed by atoms with Gasteiger partial charge in [0.2, 0.25) is 0 Å². The lowest BCUT2D eigenvalue weighted by atomic mass is 9.79. The Kier molecular flexibility index (Phi) is 3.68. The Morgan fingerprint density at radius 2 is 1.86 bits per heavy atom. The van der Waals surface area contributed by atoms with E-state index in [4.69, 9.17) is 0 Å². The van der Waals surface area contributed by atoms with Crippen LogP contribution in [-0.2, 0) is 6.42 Å². The third-order valence-electron chi connectivity index (χ3n) is 3.23. The fraction of sp³-hybridized carbons (Fsp3) is 0.538. The molecular weight excluding hydrogens is 175 g/mol. The highest BCUT2D eigenvalue weighted by Gasteiger charge is 2.19. The van der Waals surface area contributed by atoms with Crippen LogP contribution in [0.1, 0.15) is 39.2 Å². The number of benzene rings is 1. The second-order valence-electron chi connectivity index (χ2n) is 4.32. The SMILES string of the molecule is CCC(C)(CC)Cc1cccc(F)c1. The van der Waals surface area contributed by atoms with E-state index < -0.39 is 0 Å². The minimum atomic E-state index is -0.128. The zero-order valence-electron chi connectivity index (χ0n) is 9.31. The molecule has 0 aromatic heterocycles. The molecule has 0 heterocycles. The Hall–Kier alpha value is -0.850. The first-order valence-corrected chi connectivity index (χ1v) is 5.34. The highest BCUT2D eigenvalue weighted by atomic mass is 19.1. The van der Waals surface area contributed by atoms with E-state index in [1.807, 2.05) is 6.07 Å². The van der Waals surface area contributed by atoms with Crippen molar-refractivity contribution in [1.29, 1.82) is 0 Å². The second-order valence-corrected chi connectivity index (χ2v) is 4.32. The number of rotatable bonds is 4. The van der Waals surface area contributed by atoms with Crippen molar-refractivity contribution in [3.63, 3.8) is 0 Å². The standard InChI is InChI=1S/C13H19F/c1-4-13(3,5-2)10-11-7-6-8-12(14)9-11/h6-9H,4-5,10H2,1-3H3. The minimum Gasteiger partial charge on any atom is -0.207 e. The summed E-state index contributed by atoms with van der Waals surface area (Å²) in [4.78, 5) is 0. The van der Waals surface area contributed by atoms with Crippen molar-refractivity contribution in [2.45, 2.75) is 40.0 Å². The number of halogens is 1. The lowest BCUT2D eigenvalue weighted by Gasteiger charge is -2.26. The summed E-state index contributed by atoms with van der Waals surface area (Å²) in [6.45, 7) is 6.66. The van der Waals surface area contributed by atoms with Crippen molar-refractivity contribution in [2.24, 2.45) is 5.41 Å². The van der Waals surface area contributed by atoms with E-state index in [-0.39, 0.29) is 5.82 Å². The van der Waals surface area contributed by atoms with E-state index >= 15 is 0 Å². The Balaban J connectivity index is 2.77. The van der Waals surface area contributed by atoms with Crippen LogP contribution in [0.3, 0.4) is 0 Å². The Bertz CT molecular complexity index is 287. The van der Waals surface area contributed by atoms with Crippen molar-refractivity contribution < 1.29 is 4.39 Å². The van der Waals surface area contributed by atoms with Gasteiger partial charge < -0.3 is 0 Å². The predicted molar refractivity (Wildman–Crippen MR) is 58.8 cm³/mol. The van der Waals surface area contributed by atoms with Crippen LogP contribution < -0.4 is 0 Å². The van der Waals surface area contributed by atoms with Gasteiger partial charge in [0.15, 0.2) is 0 Å². The first-order valence-electron chi connectivity index (χ1n) is 5.34. The first-order chi connectivity index (χ1) is 6.59. The summed E-state index contributed by atoms with van der Waals surface area (Å²) < 4.78 is 13.0. The van der Waals surface area contributed by atoms with Gasteiger partial charge in [-0.05, 0) is 29.5 Å². The molecule has 0 amide bonds. The molecule has 0 radical (unpaired) electrons. The summed E-state index contributed by atoms with van der Waals surface area (Å²) in [5.41, 5.74) is 1.42. The van der Waals surface area contributed by atoms with Crippen LogP contribution in [-0.4, -0.2) is 0 Å². The molecule has 1 rings (SSSR count). The van der Waals surface area contributed by atoms with Gasteiger partial charge in [-0.1, -0.05) is 45.7 Å². The monoisotopic (exact) mass is 194 g/mol. The normalized spacial score (nSPS) is 11.7. The van der Waals surface area contributed by atoms with E-state index in [1.165, 1.54) is 6.07 Å². The van der Waals surface area contributed by atoms with Crippen LogP contribution in [0.25, 0.3) is 0 Å². The molecule has 0 bridgehead atoms. The minimum absolute atomic E-state index is 0.128. The second kappa shape index (κ2) is 4.59. The van der Waals surface area contributed by atoms with Crippen molar-refractivity contribution >= 4 is 0 Å². The fourth-order valence-electron chi connectivity index (χ4n) is 1.64. The largest absolute Gasteiger partial charge is 0.207 e. The molecule has 0 saturated heterocycles. The maximum absolute atomic E-state index is 13.0. The topological polar surface area (TPSA) is 0 Å². The molecule has 1 heteroatoms. The van der Waals surface area contributed by atoms with Crippen molar-refractivity contribution in [3.8, 4) is 0 Å². The first kappa shape index (κ1) is 11.2. The number of hydrogen-bond acceptors (Lipinski definition) is 0. The van der Waals surface area contributed by atoms with Crippen LogP contribution in [0, 0.1) is 11.2 Å². The molecule has 0 nitrogen and oxygen atoms in total. The molecule has 1 aromatic carbocycles. The van der Waals surface area contributed by atoms with E-state index in [1.54, 1.807) is 12.1 Å². The predicted octanol–water partition coefficient (Wildman–Crippen LogP) is 4.19. The molecule has 0 saturated carbocycles. The highest BCUT2D eigenvalue weighted by Crippen LogP contribution is 2.30. The maximum atomic E-state index is 13.0. The van der Waals surface area contributed by atoms with Crippen LogP contribution >= 0.6 is 0 Å². The summed E-state index contributed by atoms with van der Waals surface area (Å²) in [5.74, 6) is -0.128. The molecule has 78 valence electrons. The lowest BCUT2D eigenvalue weighted by molar-refractivity contribution is 0.295. The Morgan fingerprint density at radius 3 is 2.36 bits per heavy atom. The van der Waals surface area contributed by atoms with Crippen LogP contribution in [0.2, 0.25) is 0 Å². The zero-order valence-corrected chi connectivity index (χ0v) is 9.31. The molecule has 0 aliphatic carbocycles. The third-order valence-corrected chi connectivity index (χ3v) is 3.23. The van der Waals surface area contributed by atoms with Gasteiger partial charge in [0.1, 0.15) is 5.82 Å². The summed E-state index contributed by atoms with van der Waals surface area (Å²) in [5, 5.41) is 0. The van der Waals surface area contributed by atoms with E-state index in [9.17, 15) is 4.39 Å². The summed E-state index contributed by atoms with van der Waals surface area (Å²) in [7, 11) is 0. The van der Waals surface area contributed by atoms with Gasteiger partial charge in [0.25, 0.3) is 0 Å². The molecular formula is C13H19F. The average molecular weight is 194 g/mol. The molecule has 0 unspecified atom stereocenters. The van der Waals surface area contributed by atoms with Gasteiger partial charge in [-0.2, -0.15) is 0 Å². The van der Waals surface area contributed by atoms with Gasteiger partial charge in [-0.25, -0.2) is 4.39 Å². The van der Waals surface area contributed by atoms with Gasteiger partial charge >= 0.3 is 0 Å². The maximum Gasteiger partial charge on any atom is 0.123 e. The van der Waals surface area contributed by atoms with Crippen LogP contribution in [0.15, 0.2) is 24.3 Å². The van der Waals surface area contributed by atoms with E-state index in [0.717, 1.165) is 24.8 Å². The van der Waals surface area contributed by atoms with Gasteiger partial charge in [-0.15, -0.1) is 0 Å². The highest BCUT2D eigenvalue weighted by molar-refractivity contribution is 5.17. The summed E-state index contributed by atoms with van der Waals surface area (Å²) in [6.07, 6.45) is 3.25. The van der Waals surface area contributed by atoms with Crippen molar-refractivity contribution in [3.05, 3.63) is 35.6 Å². The zero-order chi connectivity index (χ0) is 10.6. The summed E-state index contributed by atoms with van der Waals surface area (Å²) >= 11 is 0. The van der Waals surface area contributed by atoms with Gasteiger partial charge in [0, 0.05) is 0 Å². The van der Waals surface area contributed by atoms with Gasteiger partial charge in [-0.3, -0.25) is 0 Å². The Labute approximate surface area is 86.2 Å². The van der Waals surface area contributed by atoms with Crippen LogP contribution in [0.5, 0.6) is 0 Å². The van der Waals surface area contributed by atoms with E-state index in [2.05, 4.69) is 20.8 Å². The number of hydrogen-bond donors (Lipinski definition) is 0. The molecule has 0 N–H and O–H groups in total.